The average molecular weight is 265 g/mol. The fourth-order valence-corrected chi connectivity index (χ4v) is 2.94. The quantitative estimate of drug-likeness (QED) is 0.716. The van der Waals surface area contributed by atoms with Gasteiger partial charge in [0, 0.05) is 29.9 Å². The summed E-state index contributed by atoms with van der Waals surface area (Å²) in [5.41, 5.74) is 3.85. The molecular weight excluding hydrogens is 234 g/mol. The molecule has 110 valence electrons. The van der Waals surface area contributed by atoms with Crippen molar-refractivity contribution in [3.05, 3.63) is 17.0 Å². The van der Waals surface area contributed by atoms with Gasteiger partial charge in [-0.05, 0) is 41.0 Å². The van der Waals surface area contributed by atoms with E-state index in [1.807, 2.05) is 0 Å². The minimum absolute atomic E-state index is 0.386. The summed E-state index contributed by atoms with van der Waals surface area (Å²) in [6.45, 7) is 14.2. The summed E-state index contributed by atoms with van der Waals surface area (Å²) in [6, 6.07) is 0.960. The predicted molar refractivity (Wildman–Crippen MR) is 82.5 cm³/mol. The van der Waals surface area contributed by atoms with Crippen molar-refractivity contribution >= 4 is 0 Å². The van der Waals surface area contributed by atoms with Crippen molar-refractivity contribution in [1.82, 2.24) is 15.1 Å². The molecule has 0 saturated heterocycles. The molecule has 0 aliphatic rings. The Hall–Kier alpha value is -0.830. The maximum absolute atomic E-state index is 4.61. The summed E-state index contributed by atoms with van der Waals surface area (Å²) in [7, 11) is 0. The van der Waals surface area contributed by atoms with Gasteiger partial charge < -0.3 is 5.32 Å². The molecule has 0 radical (unpaired) electrons. The molecule has 0 amide bonds. The van der Waals surface area contributed by atoms with Gasteiger partial charge in [0.2, 0.25) is 0 Å². The molecule has 0 spiro atoms. The maximum Gasteiger partial charge on any atom is 0.0644 e. The third-order valence-corrected chi connectivity index (χ3v) is 3.95. The Morgan fingerprint density at radius 3 is 2.37 bits per heavy atom. The lowest BCUT2D eigenvalue weighted by molar-refractivity contribution is 0.438. The largest absolute Gasteiger partial charge is 0.308 e. The van der Waals surface area contributed by atoms with E-state index in [0.29, 0.717) is 12.1 Å². The van der Waals surface area contributed by atoms with Crippen LogP contribution in [0.15, 0.2) is 0 Å². The topological polar surface area (TPSA) is 29.9 Å². The highest BCUT2D eigenvalue weighted by atomic mass is 15.3. The van der Waals surface area contributed by atoms with E-state index < -0.39 is 0 Å². The lowest BCUT2D eigenvalue weighted by Gasteiger charge is -2.20. The van der Waals surface area contributed by atoms with Crippen LogP contribution < -0.4 is 5.32 Å². The molecule has 3 nitrogen and oxygen atoms in total. The summed E-state index contributed by atoms with van der Waals surface area (Å²) in [5.74, 6) is 0. The lowest BCUT2D eigenvalue weighted by Crippen LogP contribution is -2.29. The molecule has 2 unspecified atom stereocenters. The lowest BCUT2D eigenvalue weighted by atomic mass is 10.0. The fraction of sp³-hybridized carbons (Fsp3) is 0.812. The van der Waals surface area contributed by atoms with E-state index >= 15 is 0 Å². The van der Waals surface area contributed by atoms with E-state index in [9.17, 15) is 0 Å². The van der Waals surface area contributed by atoms with Gasteiger partial charge in [-0.2, -0.15) is 5.10 Å². The summed E-state index contributed by atoms with van der Waals surface area (Å²) in [6.07, 6.45) is 5.22. The smallest absolute Gasteiger partial charge is 0.0644 e. The van der Waals surface area contributed by atoms with Gasteiger partial charge >= 0.3 is 0 Å². The molecular formula is C16H31N3. The van der Waals surface area contributed by atoms with Crippen LogP contribution in [0.25, 0.3) is 0 Å². The number of hydrogen-bond acceptors (Lipinski definition) is 2. The Balaban J connectivity index is 2.62. The Morgan fingerprint density at radius 1 is 1.16 bits per heavy atom. The molecule has 1 aromatic heterocycles. The van der Waals surface area contributed by atoms with E-state index in [1.165, 1.54) is 42.6 Å². The zero-order valence-corrected chi connectivity index (χ0v) is 13.6. The Kier molecular flexibility index (Phi) is 6.56. The number of aryl methyl sites for hydroxylation is 2. The van der Waals surface area contributed by atoms with Crippen LogP contribution in [-0.2, 0) is 6.54 Å². The van der Waals surface area contributed by atoms with Crippen molar-refractivity contribution in [3.63, 3.8) is 0 Å². The van der Waals surface area contributed by atoms with Gasteiger partial charge in [0.15, 0.2) is 0 Å². The van der Waals surface area contributed by atoms with E-state index in [2.05, 4.69) is 56.6 Å². The van der Waals surface area contributed by atoms with Gasteiger partial charge in [-0.25, -0.2) is 0 Å². The molecule has 3 heteroatoms. The molecule has 1 N–H and O–H groups in total. The molecule has 19 heavy (non-hydrogen) atoms. The van der Waals surface area contributed by atoms with Crippen molar-refractivity contribution in [1.29, 1.82) is 0 Å². The van der Waals surface area contributed by atoms with Gasteiger partial charge in [0.1, 0.15) is 0 Å². The van der Waals surface area contributed by atoms with Crippen molar-refractivity contribution < 1.29 is 0 Å². The normalized spacial score (nSPS) is 14.6. The SMILES string of the molecule is CCCCCC(C)NC(C)c1c(C)nn(CC)c1C. The molecule has 0 aliphatic carbocycles. The first kappa shape index (κ1) is 16.2. The first-order chi connectivity index (χ1) is 9.01. The summed E-state index contributed by atoms with van der Waals surface area (Å²) < 4.78 is 2.10. The third kappa shape index (κ3) is 4.34. The van der Waals surface area contributed by atoms with Gasteiger partial charge in [-0.3, -0.25) is 4.68 Å². The second-order valence-electron chi connectivity index (χ2n) is 5.69. The zero-order chi connectivity index (χ0) is 14.4. The summed E-state index contributed by atoms with van der Waals surface area (Å²) in [4.78, 5) is 0. The van der Waals surface area contributed by atoms with Crippen molar-refractivity contribution in [3.8, 4) is 0 Å². The number of nitrogens with one attached hydrogen (secondary N) is 1. The number of rotatable bonds is 8. The van der Waals surface area contributed by atoms with Crippen molar-refractivity contribution in [2.24, 2.45) is 0 Å². The Morgan fingerprint density at radius 2 is 1.84 bits per heavy atom. The third-order valence-electron chi connectivity index (χ3n) is 3.95. The van der Waals surface area contributed by atoms with E-state index in [0.717, 1.165) is 6.54 Å². The molecule has 1 aromatic rings. The van der Waals surface area contributed by atoms with Crippen LogP contribution in [0.4, 0.5) is 0 Å². The number of nitrogens with zero attached hydrogens (tertiary/aromatic N) is 2. The molecule has 0 aliphatic heterocycles. The standard InChI is InChI=1S/C16H31N3/c1-7-9-10-11-12(3)17-13(4)16-14(5)18-19(8-2)15(16)6/h12-13,17H,7-11H2,1-6H3. The summed E-state index contributed by atoms with van der Waals surface area (Å²) in [5, 5.41) is 8.33. The van der Waals surface area contributed by atoms with Crippen LogP contribution in [0.2, 0.25) is 0 Å². The van der Waals surface area contributed by atoms with Crippen molar-refractivity contribution in [2.75, 3.05) is 0 Å². The first-order valence-electron chi connectivity index (χ1n) is 7.81. The highest BCUT2D eigenvalue weighted by molar-refractivity contribution is 5.27. The average Bonchev–Trinajstić information content (AvgIpc) is 2.64. The molecule has 0 fully saturated rings. The molecule has 1 rings (SSSR count). The van der Waals surface area contributed by atoms with Gasteiger partial charge in [-0.1, -0.05) is 26.2 Å². The minimum atomic E-state index is 0.386. The highest BCUT2D eigenvalue weighted by Gasteiger charge is 2.18. The van der Waals surface area contributed by atoms with E-state index in [-0.39, 0.29) is 0 Å². The second-order valence-corrected chi connectivity index (χ2v) is 5.69. The Bertz CT molecular complexity index is 382. The van der Waals surface area contributed by atoms with Gasteiger partial charge in [0.25, 0.3) is 0 Å². The van der Waals surface area contributed by atoms with Crippen LogP contribution in [0.3, 0.4) is 0 Å². The number of hydrogen-bond donors (Lipinski definition) is 1. The van der Waals surface area contributed by atoms with Crippen LogP contribution in [0, 0.1) is 13.8 Å². The first-order valence-corrected chi connectivity index (χ1v) is 7.81. The zero-order valence-electron chi connectivity index (χ0n) is 13.6. The number of unbranched alkanes of at least 4 members (excludes halogenated alkanes) is 2. The highest BCUT2D eigenvalue weighted by Crippen LogP contribution is 2.22. The number of aromatic nitrogens is 2. The van der Waals surface area contributed by atoms with Crippen LogP contribution in [0.1, 0.15) is 76.4 Å². The van der Waals surface area contributed by atoms with Gasteiger partial charge in [-0.15, -0.1) is 0 Å². The predicted octanol–water partition coefficient (Wildman–Crippen LogP) is 4.14. The van der Waals surface area contributed by atoms with Crippen LogP contribution >= 0.6 is 0 Å². The molecule has 1 heterocycles. The molecule has 0 aromatic carbocycles. The summed E-state index contributed by atoms with van der Waals surface area (Å²) >= 11 is 0. The second kappa shape index (κ2) is 7.68. The Labute approximate surface area is 118 Å². The molecule has 2 atom stereocenters. The monoisotopic (exact) mass is 265 g/mol. The van der Waals surface area contributed by atoms with Crippen LogP contribution in [0.5, 0.6) is 0 Å². The van der Waals surface area contributed by atoms with Crippen molar-refractivity contribution in [2.45, 2.75) is 85.9 Å². The van der Waals surface area contributed by atoms with E-state index in [4.69, 9.17) is 0 Å². The fourth-order valence-electron chi connectivity index (χ4n) is 2.94. The molecule has 0 saturated carbocycles. The van der Waals surface area contributed by atoms with E-state index in [1.54, 1.807) is 0 Å². The van der Waals surface area contributed by atoms with Crippen LogP contribution in [-0.4, -0.2) is 15.8 Å². The maximum atomic E-state index is 4.61. The minimum Gasteiger partial charge on any atom is -0.308 e. The van der Waals surface area contributed by atoms with Gasteiger partial charge in [0.05, 0.1) is 5.69 Å². The molecule has 0 bridgehead atoms.